The van der Waals surface area contributed by atoms with Crippen molar-refractivity contribution in [1.82, 2.24) is 0 Å². The summed E-state index contributed by atoms with van der Waals surface area (Å²) in [6, 6.07) is 3.21. The third-order valence-electron chi connectivity index (χ3n) is 4.08. The Morgan fingerprint density at radius 1 is 1.35 bits per heavy atom. The predicted molar refractivity (Wildman–Crippen MR) is 77.5 cm³/mol. The van der Waals surface area contributed by atoms with Gasteiger partial charge in [-0.05, 0) is 18.2 Å². The van der Waals surface area contributed by atoms with Gasteiger partial charge in [0.2, 0.25) is 0 Å². The zero-order valence-electron chi connectivity index (χ0n) is 12.6. The van der Waals surface area contributed by atoms with Gasteiger partial charge >= 0.3 is 17.9 Å². The van der Waals surface area contributed by atoms with Crippen molar-refractivity contribution in [2.24, 2.45) is 11.3 Å². The van der Waals surface area contributed by atoms with Gasteiger partial charge in [-0.2, -0.15) is 0 Å². The van der Waals surface area contributed by atoms with Crippen LogP contribution >= 0.6 is 0 Å². The molecule has 0 amide bonds. The van der Waals surface area contributed by atoms with Gasteiger partial charge in [-0.3, -0.25) is 4.79 Å². The van der Waals surface area contributed by atoms with Crippen molar-refractivity contribution in [1.29, 1.82) is 0 Å². The largest absolute Gasteiger partial charge is 0.481 e. The Morgan fingerprint density at radius 3 is 2.52 bits per heavy atom. The Labute approximate surface area is 131 Å². The number of carbonyl (C=O) groups is 3. The van der Waals surface area contributed by atoms with E-state index in [0.717, 1.165) is 13.2 Å². The highest BCUT2D eigenvalue weighted by molar-refractivity contribution is 5.99. The van der Waals surface area contributed by atoms with Crippen LogP contribution in [0.2, 0.25) is 0 Å². The zero-order valence-corrected chi connectivity index (χ0v) is 12.6. The topological polar surface area (TPSA) is 114 Å². The first kappa shape index (κ1) is 16.5. The smallest absolute Gasteiger partial charge is 0.337 e. The Morgan fingerprint density at radius 2 is 2.04 bits per heavy atom. The minimum Gasteiger partial charge on any atom is -0.481 e. The highest BCUT2D eigenvalue weighted by atomic mass is 16.5. The SMILES string of the molecule is COC(=O)C1=CC(Cc2ccco2)(C(=O)O)C(C)C(C(=O)O)=C1. The number of carboxylic acids is 2. The van der Waals surface area contributed by atoms with Crippen molar-refractivity contribution < 1.29 is 33.8 Å². The van der Waals surface area contributed by atoms with Crippen molar-refractivity contribution >= 4 is 17.9 Å². The monoisotopic (exact) mass is 320 g/mol. The van der Waals surface area contributed by atoms with Crippen LogP contribution in [0, 0.1) is 11.3 Å². The second-order valence-corrected chi connectivity index (χ2v) is 5.32. The fourth-order valence-corrected chi connectivity index (χ4v) is 2.72. The van der Waals surface area contributed by atoms with E-state index in [1.165, 1.54) is 19.3 Å². The number of rotatable bonds is 5. The van der Waals surface area contributed by atoms with Gasteiger partial charge in [-0.15, -0.1) is 0 Å². The molecule has 2 unspecified atom stereocenters. The number of aliphatic carboxylic acids is 2. The van der Waals surface area contributed by atoms with E-state index in [2.05, 4.69) is 4.74 Å². The van der Waals surface area contributed by atoms with E-state index in [4.69, 9.17) is 4.42 Å². The molecule has 0 bridgehead atoms. The second kappa shape index (κ2) is 6.12. The van der Waals surface area contributed by atoms with Crippen LogP contribution in [0.25, 0.3) is 0 Å². The minimum atomic E-state index is -1.62. The first-order valence-electron chi connectivity index (χ1n) is 6.83. The summed E-state index contributed by atoms with van der Waals surface area (Å²) in [7, 11) is 1.14. The molecule has 0 aliphatic heterocycles. The van der Waals surface area contributed by atoms with E-state index in [1.807, 2.05) is 0 Å². The Kier molecular flexibility index (Phi) is 4.40. The maximum atomic E-state index is 12.0. The van der Waals surface area contributed by atoms with Crippen LogP contribution in [0.1, 0.15) is 12.7 Å². The van der Waals surface area contributed by atoms with Crippen LogP contribution in [0.5, 0.6) is 0 Å². The molecule has 1 aromatic heterocycles. The summed E-state index contributed by atoms with van der Waals surface area (Å²) in [5, 5.41) is 19.1. The predicted octanol–water partition coefficient (Wildman–Crippen LogP) is 1.65. The van der Waals surface area contributed by atoms with Crippen molar-refractivity contribution in [3.63, 3.8) is 0 Å². The molecule has 7 nitrogen and oxygen atoms in total. The van der Waals surface area contributed by atoms with Gasteiger partial charge in [0, 0.05) is 17.9 Å². The average Bonchev–Trinajstić information content (AvgIpc) is 3.00. The van der Waals surface area contributed by atoms with Crippen LogP contribution in [0.15, 0.2) is 46.1 Å². The van der Waals surface area contributed by atoms with Gasteiger partial charge < -0.3 is 19.4 Å². The molecule has 2 N–H and O–H groups in total. The number of carboxylic acid groups (broad SMARTS) is 2. The Hall–Kier alpha value is -2.83. The van der Waals surface area contributed by atoms with E-state index in [9.17, 15) is 24.6 Å². The number of furan rings is 1. The summed E-state index contributed by atoms with van der Waals surface area (Å²) >= 11 is 0. The van der Waals surface area contributed by atoms with Gasteiger partial charge in [0.1, 0.15) is 11.2 Å². The first-order valence-corrected chi connectivity index (χ1v) is 6.83. The van der Waals surface area contributed by atoms with E-state index in [0.29, 0.717) is 5.76 Å². The third-order valence-corrected chi connectivity index (χ3v) is 4.08. The summed E-state index contributed by atoms with van der Waals surface area (Å²) in [4.78, 5) is 35.3. The molecule has 0 saturated heterocycles. The number of hydrogen-bond acceptors (Lipinski definition) is 5. The normalized spacial score (nSPS) is 23.7. The Balaban J connectivity index is 2.60. The lowest BCUT2D eigenvalue weighted by Crippen LogP contribution is -2.42. The molecule has 0 spiro atoms. The van der Waals surface area contributed by atoms with Gasteiger partial charge in [0.15, 0.2) is 0 Å². The average molecular weight is 320 g/mol. The molecule has 23 heavy (non-hydrogen) atoms. The van der Waals surface area contributed by atoms with Gasteiger partial charge in [0.25, 0.3) is 0 Å². The molecular formula is C16H16O7. The first-order chi connectivity index (χ1) is 10.8. The second-order valence-electron chi connectivity index (χ2n) is 5.32. The molecule has 2 atom stereocenters. The molecule has 7 heteroatoms. The van der Waals surface area contributed by atoms with E-state index < -0.39 is 29.2 Å². The molecule has 1 aromatic rings. The molecular weight excluding hydrogens is 304 g/mol. The van der Waals surface area contributed by atoms with E-state index in [1.54, 1.807) is 12.1 Å². The lowest BCUT2D eigenvalue weighted by atomic mass is 9.66. The van der Waals surface area contributed by atoms with Gasteiger partial charge in [-0.25, -0.2) is 9.59 Å². The van der Waals surface area contributed by atoms with Crippen LogP contribution in [-0.2, 0) is 25.5 Å². The van der Waals surface area contributed by atoms with Crippen LogP contribution in [-0.4, -0.2) is 35.2 Å². The van der Waals surface area contributed by atoms with Crippen molar-refractivity contribution in [3.05, 3.63) is 47.5 Å². The highest BCUT2D eigenvalue weighted by Crippen LogP contribution is 2.43. The lowest BCUT2D eigenvalue weighted by molar-refractivity contribution is -0.148. The van der Waals surface area contributed by atoms with E-state index in [-0.39, 0.29) is 17.6 Å². The van der Waals surface area contributed by atoms with E-state index >= 15 is 0 Å². The van der Waals surface area contributed by atoms with Crippen molar-refractivity contribution in [2.75, 3.05) is 7.11 Å². The summed E-state index contributed by atoms with van der Waals surface area (Å²) in [5.41, 5.74) is -1.89. The molecule has 2 rings (SSSR count). The van der Waals surface area contributed by atoms with Crippen LogP contribution in [0.3, 0.4) is 0 Å². The molecule has 1 aliphatic rings. The molecule has 1 aliphatic carbocycles. The number of carbonyl (C=O) groups excluding carboxylic acids is 1. The molecule has 1 heterocycles. The van der Waals surface area contributed by atoms with Crippen molar-refractivity contribution in [3.8, 4) is 0 Å². The lowest BCUT2D eigenvalue weighted by Gasteiger charge is -2.35. The number of ether oxygens (including phenoxy) is 1. The highest BCUT2D eigenvalue weighted by Gasteiger charge is 2.48. The summed E-state index contributed by atoms with van der Waals surface area (Å²) < 4.78 is 9.80. The maximum Gasteiger partial charge on any atom is 0.337 e. The number of hydrogen-bond donors (Lipinski definition) is 2. The minimum absolute atomic E-state index is 0.0817. The van der Waals surface area contributed by atoms with Crippen molar-refractivity contribution in [2.45, 2.75) is 13.3 Å². The fourth-order valence-electron chi connectivity index (χ4n) is 2.72. The standard InChI is InChI=1S/C16H16O7/c1-9-12(13(17)18)6-10(14(19)22-2)7-16(9,15(20)21)8-11-4-3-5-23-11/h3-7,9H,8H2,1-2H3,(H,17,18)(H,20,21). The molecule has 0 radical (unpaired) electrons. The maximum absolute atomic E-state index is 12.0. The molecule has 0 aromatic carbocycles. The van der Waals surface area contributed by atoms with Gasteiger partial charge in [-0.1, -0.05) is 13.0 Å². The van der Waals surface area contributed by atoms with Crippen LogP contribution in [0.4, 0.5) is 0 Å². The molecule has 0 fully saturated rings. The van der Waals surface area contributed by atoms with Gasteiger partial charge in [0.05, 0.1) is 18.9 Å². The summed E-state index contributed by atoms with van der Waals surface area (Å²) in [6.07, 6.45) is 3.72. The molecule has 122 valence electrons. The summed E-state index contributed by atoms with van der Waals surface area (Å²) in [5.74, 6) is -3.80. The quantitative estimate of drug-likeness (QED) is 0.793. The number of methoxy groups -OCH3 is 1. The Bertz CT molecular complexity index is 696. The number of esters is 1. The zero-order chi connectivity index (χ0) is 17.2. The molecule has 0 saturated carbocycles. The summed E-state index contributed by atoms with van der Waals surface area (Å²) in [6.45, 7) is 1.50. The fraction of sp³-hybridized carbons (Fsp3) is 0.312. The van der Waals surface area contributed by atoms with Crippen LogP contribution < -0.4 is 0 Å². The third kappa shape index (κ3) is 2.90.